The normalized spacial score (nSPS) is 10.5. The molecule has 0 atom stereocenters. The lowest BCUT2D eigenvalue weighted by Crippen LogP contribution is -2.06. The third kappa shape index (κ3) is 3.94. The van der Waals surface area contributed by atoms with E-state index in [2.05, 4.69) is 10.3 Å². The van der Waals surface area contributed by atoms with Crippen molar-refractivity contribution >= 4 is 11.6 Å². The molecule has 1 aromatic carbocycles. The van der Waals surface area contributed by atoms with E-state index in [1.165, 1.54) is 0 Å². The minimum Gasteiger partial charge on any atom is -0.473 e. The van der Waals surface area contributed by atoms with Gasteiger partial charge in [0.15, 0.2) is 0 Å². The lowest BCUT2D eigenvalue weighted by molar-refractivity contribution is 0.293. The Balaban J connectivity index is 2.09. The number of aromatic nitrogens is 1. The Kier molecular flexibility index (Phi) is 4.77. The second-order valence-corrected chi connectivity index (χ2v) is 4.77. The number of halogens is 1. The molecule has 4 heteroatoms. The van der Waals surface area contributed by atoms with Gasteiger partial charge in [0.25, 0.3) is 0 Å². The van der Waals surface area contributed by atoms with Gasteiger partial charge in [-0.3, -0.25) is 0 Å². The second kappa shape index (κ2) is 6.55. The molecule has 3 nitrogen and oxygen atoms in total. The predicted octanol–water partition coefficient (Wildman–Crippen LogP) is 3.34. The predicted molar refractivity (Wildman–Crippen MR) is 77.5 cm³/mol. The quantitative estimate of drug-likeness (QED) is 0.909. The average Bonchev–Trinajstić information content (AvgIpc) is 2.37. The van der Waals surface area contributed by atoms with E-state index in [0.717, 1.165) is 23.4 Å². The summed E-state index contributed by atoms with van der Waals surface area (Å²) in [6.07, 6.45) is 0. The fraction of sp³-hybridized carbons (Fsp3) is 0.267. The number of hydrogen-bond donors (Lipinski definition) is 1. The molecule has 0 spiro atoms. The highest BCUT2D eigenvalue weighted by molar-refractivity contribution is 6.31. The molecule has 0 unspecified atom stereocenters. The molecule has 1 heterocycles. The smallest absolute Gasteiger partial charge is 0.214 e. The Morgan fingerprint density at radius 3 is 2.79 bits per heavy atom. The molecule has 0 radical (unpaired) electrons. The van der Waals surface area contributed by atoms with E-state index in [0.29, 0.717) is 17.5 Å². The number of aryl methyl sites for hydroxylation is 1. The molecule has 0 aliphatic rings. The van der Waals surface area contributed by atoms with Gasteiger partial charge in [0.05, 0.1) is 0 Å². The van der Waals surface area contributed by atoms with Gasteiger partial charge in [-0.15, -0.1) is 0 Å². The molecule has 0 bridgehead atoms. The molecule has 2 aromatic rings. The highest BCUT2D eigenvalue weighted by Gasteiger charge is 2.03. The molecule has 0 fully saturated rings. The number of ether oxygens (including phenoxy) is 1. The van der Waals surface area contributed by atoms with Gasteiger partial charge in [-0.25, -0.2) is 4.98 Å². The first-order valence-corrected chi connectivity index (χ1v) is 6.55. The minimum absolute atomic E-state index is 0.426. The molecular formula is C15H17ClN2O. The van der Waals surface area contributed by atoms with Gasteiger partial charge >= 0.3 is 0 Å². The molecule has 2 rings (SSSR count). The Labute approximate surface area is 118 Å². The lowest BCUT2D eigenvalue weighted by atomic mass is 10.2. The summed E-state index contributed by atoms with van der Waals surface area (Å²) in [5.41, 5.74) is 3.06. The summed E-state index contributed by atoms with van der Waals surface area (Å²) >= 11 is 6.09. The first kappa shape index (κ1) is 13.8. The maximum atomic E-state index is 6.09. The van der Waals surface area contributed by atoms with E-state index in [1.807, 2.05) is 50.4 Å². The van der Waals surface area contributed by atoms with Crippen LogP contribution in [0.3, 0.4) is 0 Å². The number of nitrogens with zero attached hydrogens (tertiary/aromatic N) is 1. The Morgan fingerprint density at radius 2 is 2.05 bits per heavy atom. The van der Waals surface area contributed by atoms with Crippen LogP contribution in [0.5, 0.6) is 5.88 Å². The first-order valence-electron chi connectivity index (χ1n) is 6.17. The van der Waals surface area contributed by atoms with Crippen molar-refractivity contribution in [2.24, 2.45) is 0 Å². The zero-order valence-corrected chi connectivity index (χ0v) is 11.9. The number of rotatable bonds is 5. The average molecular weight is 277 g/mol. The molecule has 1 N–H and O–H groups in total. The van der Waals surface area contributed by atoms with E-state index in [4.69, 9.17) is 16.3 Å². The van der Waals surface area contributed by atoms with Crippen LogP contribution in [-0.4, -0.2) is 12.0 Å². The molecule has 0 saturated carbocycles. The van der Waals surface area contributed by atoms with Crippen LogP contribution in [0.1, 0.15) is 16.8 Å². The zero-order valence-electron chi connectivity index (χ0n) is 11.1. The van der Waals surface area contributed by atoms with Gasteiger partial charge in [-0.05, 0) is 31.7 Å². The van der Waals surface area contributed by atoms with Crippen molar-refractivity contribution in [2.75, 3.05) is 7.05 Å². The van der Waals surface area contributed by atoms with Crippen molar-refractivity contribution in [1.82, 2.24) is 10.3 Å². The van der Waals surface area contributed by atoms with E-state index in [-0.39, 0.29) is 0 Å². The van der Waals surface area contributed by atoms with Crippen LogP contribution in [0.25, 0.3) is 0 Å². The van der Waals surface area contributed by atoms with E-state index in [1.54, 1.807) is 0 Å². The van der Waals surface area contributed by atoms with Crippen molar-refractivity contribution in [3.63, 3.8) is 0 Å². The van der Waals surface area contributed by atoms with Gasteiger partial charge in [0.1, 0.15) is 6.61 Å². The van der Waals surface area contributed by atoms with Crippen molar-refractivity contribution < 1.29 is 4.74 Å². The SMILES string of the molecule is CNCc1cc(C)nc(OCc2ccccc2Cl)c1. The molecule has 1 aromatic heterocycles. The number of hydrogen-bond acceptors (Lipinski definition) is 3. The zero-order chi connectivity index (χ0) is 13.7. The molecular weight excluding hydrogens is 260 g/mol. The number of nitrogens with one attached hydrogen (secondary N) is 1. The summed E-state index contributed by atoms with van der Waals surface area (Å²) in [4.78, 5) is 4.37. The summed E-state index contributed by atoms with van der Waals surface area (Å²) < 4.78 is 5.72. The second-order valence-electron chi connectivity index (χ2n) is 4.37. The topological polar surface area (TPSA) is 34.2 Å². The van der Waals surface area contributed by atoms with Crippen LogP contribution >= 0.6 is 11.6 Å². The van der Waals surface area contributed by atoms with Crippen molar-refractivity contribution in [1.29, 1.82) is 0 Å². The van der Waals surface area contributed by atoms with Crippen LogP contribution in [0.2, 0.25) is 5.02 Å². The minimum atomic E-state index is 0.426. The highest BCUT2D eigenvalue weighted by Crippen LogP contribution is 2.18. The maximum absolute atomic E-state index is 6.09. The van der Waals surface area contributed by atoms with Crippen LogP contribution in [-0.2, 0) is 13.2 Å². The molecule has 0 aliphatic carbocycles. The first-order chi connectivity index (χ1) is 9.19. The molecule has 100 valence electrons. The van der Waals surface area contributed by atoms with E-state index >= 15 is 0 Å². The summed E-state index contributed by atoms with van der Waals surface area (Å²) in [5.74, 6) is 0.630. The maximum Gasteiger partial charge on any atom is 0.214 e. The fourth-order valence-corrected chi connectivity index (χ4v) is 2.04. The Bertz CT molecular complexity index is 558. The Morgan fingerprint density at radius 1 is 1.26 bits per heavy atom. The summed E-state index contributed by atoms with van der Waals surface area (Å²) in [6, 6.07) is 11.6. The standard InChI is InChI=1S/C15H17ClN2O/c1-11-7-12(9-17-2)8-15(18-11)19-10-13-5-3-4-6-14(13)16/h3-8,17H,9-10H2,1-2H3. The number of pyridine rings is 1. The molecule has 0 amide bonds. The summed E-state index contributed by atoms with van der Waals surface area (Å²) in [5, 5.41) is 3.83. The monoisotopic (exact) mass is 276 g/mol. The van der Waals surface area contributed by atoms with Gasteiger partial charge in [-0.2, -0.15) is 0 Å². The Hall–Kier alpha value is -1.58. The fourth-order valence-electron chi connectivity index (χ4n) is 1.85. The lowest BCUT2D eigenvalue weighted by Gasteiger charge is -2.09. The molecule has 0 saturated heterocycles. The van der Waals surface area contributed by atoms with Crippen LogP contribution in [0, 0.1) is 6.92 Å². The largest absolute Gasteiger partial charge is 0.473 e. The van der Waals surface area contributed by atoms with Crippen molar-refractivity contribution in [3.8, 4) is 5.88 Å². The van der Waals surface area contributed by atoms with E-state index < -0.39 is 0 Å². The summed E-state index contributed by atoms with van der Waals surface area (Å²) in [6.45, 7) is 3.18. The van der Waals surface area contributed by atoms with Crippen molar-refractivity contribution in [3.05, 3.63) is 58.2 Å². The third-order valence-corrected chi connectivity index (χ3v) is 3.07. The highest BCUT2D eigenvalue weighted by atomic mass is 35.5. The third-order valence-electron chi connectivity index (χ3n) is 2.70. The number of benzene rings is 1. The van der Waals surface area contributed by atoms with Crippen LogP contribution < -0.4 is 10.1 Å². The summed E-state index contributed by atoms with van der Waals surface area (Å²) in [7, 11) is 1.92. The van der Waals surface area contributed by atoms with Gasteiger partial charge < -0.3 is 10.1 Å². The van der Waals surface area contributed by atoms with Crippen LogP contribution in [0.15, 0.2) is 36.4 Å². The van der Waals surface area contributed by atoms with Crippen LogP contribution in [0.4, 0.5) is 0 Å². The van der Waals surface area contributed by atoms with E-state index in [9.17, 15) is 0 Å². The van der Waals surface area contributed by atoms with Gasteiger partial charge in [0.2, 0.25) is 5.88 Å². The van der Waals surface area contributed by atoms with Crippen molar-refractivity contribution in [2.45, 2.75) is 20.1 Å². The van der Waals surface area contributed by atoms with Gasteiger partial charge in [0, 0.05) is 28.9 Å². The van der Waals surface area contributed by atoms with Gasteiger partial charge in [-0.1, -0.05) is 29.8 Å². The molecule has 0 aliphatic heterocycles. The molecule has 19 heavy (non-hydrogen) atoms.